The number of nitrogens with zero attached hydrogens (tertiary/aromatic N) is 1. The maximum absolute atomic E-state index is 12.4. The zero-order chi connectivity index (χ0) is 16.1. The van der Waals surface area contributed by atoms with E-state index in [1.807, 2.05) is 30.3 Å². The standard InChI is InChI=1S/C18H24N2O3/c21-17(19-15-9-4-5-10-15)16-11-6-12-20(16)18(22)23-13-14-7-2-1-3-8-14/h1-3,7-8,15-16H,4-6,9-13H2,(H,19,21). The highest BCUT2D eigenvalue weighted by molar-refractivity contribution is 5.86. The van der Waals surface area contributed by atoms with Crippen molar-refractivity contribution in [1.82, 2.24) is 10.2 Å². The van der Waals surface area contributed by atoms with Crippen LogP contribution in [0.15, 0.2) is 30.3 Å². The summed E-state index contributed by atoms with van der Waals surface area (Å²) in [5.41, 5.74) is 0.951. The maximum Gasteiger partial charge on any atom is 0.410 e. The number of carbonyl (C=O) groups is 2. The van der Waals surface area contributed by atoms with Crippen LogP contribution in [0, 0.1) is 0 Å². The molecule has 1 aromatic carbocycles. The molecule has 0 bridgehead atoms. The number of hydrogen-bond acceptors (Lipinski definition) is 3. The average molecular weight is 316 g/mol. The van der Waals surface area contributed by atoms with E-state index in [1.54, 1.807) is 4.90 Å². The molecule has 5 nitrogen and oxygen atoms in total. The van der Waals surface area contributed by atoms with Crippen molar-refractivity contribution >= 4 is 12.0 Å². The topological polar surface area (TPSA) is 58.6 Å². The minimum Gasteiger partial charge on any atom is -0.445 e. The fourth-order valence-corrected chi connectivity index (χ4v) is 3.43. The zero-order valence-corrected chi connectivity index (χ0v) is 13.4. The molecule has 1 saturated carbocycles. The minimum absolute atomic E-state index is 0.0222. The van der Waals surface area contributed by atoms with Crippen molar-refractivity contribution in [2.24, 2.45) is 0 Å². The Balaban J connectivity index is 1.52. The molecule has 2 amide bonds. The van der Waals surface area contributed by atoms with Crippen molar-refractivity contribution in [3.8, 4) is 0 Å². The van der Waals surface area contributed by atoms with Crippen molar-refractivity contribution in [2.45, 2.75) is 57.2 Å². The van der Waals surface area contributed by atoms with Crippen molar-refractivity contribution in [2.75, 3.05) is 6.54 Å². The fourth-order valence-electron chi connectivity index (χ4n) is 3.43. The lowest BCUT2D eigenvalue weighted by Gasteiger charge is -2.24. The average Bonchev–Trinajstić information content (AvgIpc) is 3.24. The van der Waals surface area contributed by atoms with Gasteiger partial charge in [0.05, 0.1) is 0 Å². The highest BCUT2D eigenvalue weighted by atomic mass is 16.6. The van der Waals surface area contributed by atoms with Gasteiger partial charge in [0.2, 0.25) is 5.91 Å². The molecule has 23 heavy (non-hydrogen) atoms. The summed E-state index contributed by atoms with van der Waals surface area (Å²) in [6, 6.07) is 9.50. The fraction of sp³-hybridized carbons (Fsp3) is 0.556. The number of likely N-dealkylation sites (tertiary alicyclic amines) is 1. The molecule has 3 rings (SSSR count). The first kappa shape index (κ1) is 15.8. The van der Waals surface area contributed by atoms with E-state index in [9.17, 15) is 9.59 Å². The molecule has 5 heteroatoms. The van der Waals surface area contributed by atoms with Crippen molar-refractivity contribution in [3.63, 3.8) is 0 Å². The van der Waals surface area contributed by atoms with E-state index < -0.39 is 6.09 Å². The van der Waals surface area contributed by atoms with Gasteiger partial charge in [-0.2, -0.15) is 0 Å². The van der Waals surface area contributed by atoms with Gasteiger partial charge in [-0.15, -0.1) is 0 Å². The summed E-state index contributed by atoms with van der Waals surface area (Å²) in [6.07, 6.45) is 5.64. The van der Waals surface area contributed by atoms with Crippen LogP contribution in [0.25, 0.3) is 0 Å². The van der Waals surface area contributed by atoms with E-state index in [0.29, 0.717) is 6.54 Å². The van der Waals surface area contributed by atoms with Gasteiger partial charge in [-0.1, -0.05) is 43.2 Å². The molecule has 0 spiro atoms. The zero-order valence-electron chi connectivity index (χ0n) is 13.4. The minimum atomic E-state index is -0.391. The molecular weight excluding hydrogens is 292 g/mol. The van der Waals surface area contributed by atoms with E-state index in [4.69, 9.17) is 4.74 Å². The third-order valence-corrected chi connectivity index (χ3v) is 4.70. The van der Waals surface area contributed by atoms with Crippen LogP contribution in [0.1, 0.15) is 44.1 Å². The number of nitrogens with one attached hydrogen (secondary N) is 1. The van der Waals surface area contributed by atoms with E-state index >= 15 is 0 Å². The number of benzene rings is 1. The monoisotopic (exact) mass is 316 g/mol. The van der Waals surface area contributed by atoms with Crippen LogP contribution in [-0.2, 0) is 16.1 Å². The van der Waals surface area contributed by atoms with Gasteiger partial charge in [-0.3, -0.25) is 9.69 Å². The lowest BCUT2D eigenvalue weighted by Crippen LogP contribution is -2.48. The van der Waals surface area contributed by atoms with Gasteiger partial charge in [0.15, 0.2) is 0 Å². The van der Waals surface area contributed by atoms with Crippen LogP contribution in [0.5, 0.6) is 0 Å². The first-order chi connectivity index (χ1) is 11.2. The molecule has 1 aliphatic heterocycles. The van der Waals surface area contributed by atoms with Gasteiger partial charge in [0.1, 0.15) is 12.6 Å². The number of amides is 2. The summed E-state index contributed by atoms with van der Waals surface area (Å²) < 4.78 is 5.37. The van der Waals surface area contributed by atoms with Crippen LogP contribution >= 0.6 is 0 Å². The quantitative estimate of drug-likeness (QED) is 0.929. The summed E-state index contributed by atoms with van der Waals surface area (Å²) >= 11 is 0. The molecule has 1 unspecified atom stereocenters. The summed E-state index contributed by atoms with van der Waals surface area (Å²) in [5.74, 6) is -0.0222. The second-order valence-electron chi connectivity index (χ2n) is 6.38. The third-order valence-electron chi connectivity index (χ3n) is 4.70. The van der Waals surface area contributed by atoms with Gasteiger partial charge < -0.3 is 10.1 Å². The molecule has 1 aromatic rings. The highest BCUT2D eigenvalue weighted by Gasteiger charge is 2.36. The highest BCUT2D eigenvalue weighted by Crippen LogP contribution is 2.22. The maximum atomic E-state index is 12.4. The smallest absolute Gasteiger partial charge is 0.410 e. The van der Waals surface area contributed by atoms with Gasteiger partial charge in [-0.05, 0) is 31.2 Å². The summed E-state index contributed by atoms with van der Waals surface area (Å²) in [7, 11) is 0. The molecule has 2 aliphatic rings. The number of carbonyl (C=O) groups excluding carboxylic acids is 2. The molecule has 0 radical (unpaired) electrons. The van der Waals surface area contributed by atoms with Crippen LogP contribution < -0.4 is 5.32 Å². The Morgan fingerprint density at radius 1 is 1.09 bits per heavy atom. The Bertz CT molecular complexity index is 540. The second-order valence-corrected chi connectivity index (χ2v) is 6.38. The summed E-state index contributed by atoms with van der Waals surface area (Å²) in [6.45, 7) is 0.837. The number of ether oxygens (including phenoxy) is 1. The van der Waals surface area contributed by atoms with Crippen molar-refractivity contribution in [1.29, 1.82) is 0 Å². The Morgan fingerprint density at radius 2 is 1.83 bits per heavy atom. The molecule has 1 atom stereocenters. The molecular formula is C18H24N2O3. The van der Waals surface area contributed by atoms with Crippen molar-refractivity contribution in [3.05, 3.63) is 35.9 Å². The molecule has 0 aromatic heterocycles. The van der Waals surface area contributed by atoms with E-state index in [2.05, 4.69) is 5.32 Å². The first-order valence-electron chi connectivity index (χ1n) is 8.52. The van der Waals surface area contributed by atoms with Crippen LogP contribution in [-0.4, -0.2) is 35.5 Å². The lowest BCUT2D eigenvalue weighted by atomic mass is 10.2. The Kier molecular flexibility index (Phi) is 5.16. The molecule has 1 N–H and O–H groups in total. The molecule has 2 fully saturated rings. The van der Waals surface area contributed by atoms with E-state index in [-0.39, 0.29) is 24.6 Å². The molecule has 1 saturated heterocycles. The number of hydrogen-bond donors (Lipinski definition) is 1. The molecule has 1 aliphatic carbocycles. The van der Waals surface area contributed by atoms with Gasteiger partial charge in [0, 0.05) is 12.6 Å². The van der Waals surface area contributed by atoms with E-state index in [1.165, 1.54) is 12.8 Å². The third kappa shape index (κ3) is 4.03. The predicted molar refractivity (Wildman–Crippen MR) is 86.8 cm³/mol. The Hall–Kier alpha value is -2.04. The van der Waals surface area contributed by atoms with Gasteiger partial charge in [0.25, 0.3) is 0 Å². The van der Waals surface area contributed by atoms with Gasteiger partial charge >= 0.3 is 6.09 Å². The lowest BCUT2D eigenvalue weighted by molar-refractivity contribution is -0.125. The summed E-state index contributed by atoms with van der Waals surface area (Å²) in [4.78, 5) is 26.3. The molecule has 1 heterocycles. The van der Waals surface area contributed by atoms with Crippen LogP contribution in [0.3, 0.4) is 0 Å². The normalized spacial score (nSPS) is 21.4. The summed E-state index contributed by atoms with van der Waals surface area (Å²) in [5, 5.41) is 3.09. The van der Waals surface area contributed by atoms with E-state index in [0.717, 1.165) is 31.2 Å². The number of rotatable bonds is 4. The van der Waals surface area contributed by atoms with Crippen molar-refractivity contribution < 1.29 is 14.3 Å². The first-order valence-corrected chi connectivity index (χ1v) is 8.52. The second kappa shape index (κ2) is 7.49. The SMILES string of the molecule is O=C(NC1CCCC1)C1CCCN1C(=O)OCc1ccccc1. The largest absolute Gasteiger partial charge is 0.445 e. The molecule has 124 valence electrons. The Morgan fingerprint density at radius 3 is 2.57 bits per heavy atom. The van der Waals surface area contributed by atoms with Crippen LogP contribution in [0.4, 0.5) is 4.79 Å². The predicted octanol–water partition coefficient (Wildman–Crippen LogP) is 2.85. The van der Waals surface area contributed by atoms with Crippen LogP contribution in [0.2, 0.25) is 0 Å². The van der Waals surface area contributed by atoms with Gasteiger partial charge in [-0.25, -0.2) is 4.79 Å². The Labute approximate surface area is 137 Å².